The Kier molecular flexibility index (Phi) is 2.63. The molecule has 0 spiro atoms. The molecule has 0 aliphatic rings. The van der Waals surface area contributed by atoms with Gasteiger partial charge in [-0.25, -0.2) is 4.79 Å². The lowest BCUT2D eigenvalue weighted by atomic mass is 10.2. The number of carbonyl (C=O) groups is 2. The fraction of sp³-hybridized carbons (Fsp3) is 0.286. The first-order valence-corrected chi connectivity index (χ1v) is 3.47. The van der Waals surface area contributed by atoms with Crippen molar-refractivity contribution in [1.82, 2.24) is 10.2 Å². The highest BCUT2D eigenvalue weighted by molar-refractivity contribution is 5.88. The number of ether oxygens (including phenoxy) is 1. The molecule has 0 amide bonds. The van der Waals surface area contributed by atoms with Gasteiger partial charge >= 0.3 is 11.9 Å². The van der Waals surface area contributed by atoms with Crippen LogP contribution >= 0.6 is 0 Å². The van der Waals surface area contributed by atoms with Crippen molar-refractivity contribution < 1.29 is 19.4 Å². The molecule has 0 unspecified atom stereocenters. The van der Waals surface area contributed by atoms with Crippen LogP contribution in [-0.2, 0) is 16.0 Å². The fourth-order valence-corrected chi connectivity index (χ4v) is 0.858. The first kappa shape index (κ1) is 9.24. The standard InChI is InChI=1S/C7H8N2O4/c1-13-5(10)2-4-3-8-9-6(4)7(11)12/h3H,2H2,1H3,(H,8,9)(H,11,12). The molecule has 1 heterocycles. The van der Waals surface area contributed by atoms with Gasteiger partial charge in [0.05, 0.1) is 19.7 Å². The Morgan fingerprint density at radius 1 is 1.69 bits per heavy atom. The van der Waals surface area contributed by atoms with E-state index in [1.807, 2.05) is 0 Å². The lowest BCUT2D eigenvalue weighted by Gasteiger charge is -1.96. The average molecular weight is 184 g/mol. The summed E-state index contributed by atoms with van der Waals surface area (Å²) in [6.45, 7) is 0. The van der Waals surface area contributed by atoms with Crippen LogP contribution in [0.4, 0.5) is 0 Å². The molecule has 0 bridgehead atoms. The molecule has 1 rings (SSSR count). The number of H-pyrrole nitrogens is 1. The van der Waals surface area contributed by atoms with Gasteiger partial charge in [0, 0.05) is 5.56 Å². The number of aromatic nitrogens is 2. The van der Waals surface area contributed by atoms with Crippen molar-refractivity contribution in [2.45, 2.75) is 6.42 Å². The minimum atomic E-state index is -1.14. The van der Waals surface area contributed by atoms with Crippen molar-refractivity contribution in [3.8, 4) is 0 Å². The van der Waals surface area contributed by atoms with E-state index in [0.29, 0.717) is 5.56 Å². The summed E-state index contributed by atoms with van der Waals surface area (Å²) in [5.74, 6) is -1.64. The second-order valence-electron chi connectivity index (χ2n) is 2.33. The molecule has 0 saturated heterocycles. The van der Waals surface area contributed by atoms with Crippen LogP contribution in [0.25, 0.3) is 0 Å². The van der Waals surface area contributed by atoms with Gasteiger partial charge in [-0.2, -0.15) is 5.10 Å². The van der Waals surface area contributed by atoms with Gasteiger partial charge in [0.25, 0.3) is 0 Å². The molecule has 0 radical (unpaired) electrons. The van der Waals surface area contributed by atoms with E-state index in [9.17, 15) is 9.59 Å². The number of rotatable bonds is 3. The number of nitrogens with zero attached hydrogens (tertiary/aromatic N) is 1. The molecule has 1 aromatic rings. The Labute approximate surface area is 73.5 Å². The predicted octanol–water partition coefficient (Wildman–Crippen LogP) is -0.177. The largest absolute Gasteiger partial charge is 0.477 e. The number of nitrogens with one attached hydrogen (secondary N) is 1. The molecule has 2 N–H and O–H groups in total. The molecule has 1 aromatic heterocycles. The topological polar surface area (TPSA) is 92.3 Å². The molecule has 6 nitrogen and oxygen atoms in total. The molecule has 6 heteroatoms. The van der Waals surface area contributed by atoms with Gasteiger partial charge in [0.2, 0.25) is 0 Å². The highest BCUT2D eigenvalue weighted by Gasteiger charge is 2.15. The average Bonchev–Trinajstić information content (AvgIpc) is 2.52. The zero-order valence-corrected chi connectivity index (χ0v) is 6.90. The van der Waals surface area contributed by atoms with Gasteiger partial charge in [0.15, 0.2) is 0 Å². The van der Waals surface area contributed by atoms with Crippen molar-refractivity contribution >= 4 is 11.9 Å². The Morgan fingerprint density at radius 3 is 2.92 bits per heavy atom. The van der Waals surface area contributed by atoms with Gasteiger partial charge in [0.1, 0.15) is 5.69 Å². The Balaban J connectivity index is 2.82. The first-order valence-electron chi connectivity index (χ1n) is 3.47. The van der Waals surface area contributed by atoms with Crippen LogP contribution in [0.2, 0.25) is 0 Å². The Bertz CT molecular complexity index is 331. The van der Waals surface area contributed by atoms with Gasteiger partial charge in [-0.15, -0.1) is 0 Å². The van der Waals surface area contributed by atoms with E-state index in [2.05, 4.69) is 14.9 Å². The molecule has 0 saturated carbocycles. The number of esters is 1. The Hall–Kier alpha value is -1.85. The van der Waals surface area contributed by atoms with Crippen LogP contribution in [0.15, 0.2) is 6.20 Å². The number of carbonyl (C=O) groups excluding carboxylic acids is 1. The number of carboxylic acids is 1. The second kappa shape index (κ2) is 3.70. The molecule has 70 valence electrons. The van der Waals surface area contributed by atoms with E-state index in [-0.39, 0.29) is 12.1 Å². The van der Waals surface area contributed by atoms with E-state index >= 15 is 0 Å². The molecule has 13 heavy (non-hydrogen) atoms. The fourth-order valence-electron chi connectivity index (χ4n) is 0.858. The van der Waals surface area contributed by atoms with Crippen LogP contribution in [0.1, 0.15) is 16.1 Å². The highest BCUT2D eigenvalue weighted by atomic mass is 16.5. The van der Waals surface area contributed by atoms with Crippen molar-refractivity contribution in [3.63, 3.8) is 0 Å². The van der Waals surface area contributed by atoms with Crippen molar-refractivity contribution in [3.05, 3.63) is 17.5 Å². The summed E-state index contributed by atoms with van der Waals surface area (Å²) in [6, 6.07) is 0. The first-order chi connectivity index (χ1) is 6.15. The lowest BCUT2D eigenvalue weighted by molar-refractivity contribution is -0.139. The van der Waals surface area contributed by atoms with Gasteiger partial charge in [-0.1, -0.05) is 0 Å². The minimum Gasteiger partial charge on any atom is -0.477 e. The summed E-state index contributed by atoms with van der Waals surface area (Å²) in [5.41, 5.74) is 0.241. The number of aromatic amines is 1. The van der Waals surface area contributed by atoms with Crippen LogP contribution in [0, 0.1) is 0 Å². The Morgan fingerprint density at radius 2 is 2.38 bits per heavy atom. The number of methoxy groups -OCH3 is 1. The van der Waals surface area contributed by atoms with Crippen molar-refractivity contribution in [1.29, 1.82) is 0 Å². The summed E-state index contributed by atoms with van der Waals surface area (Å²) < 4.78 is 4.38. The van der Waals surface area contributed by atoms with Gasteiger partial charge in [-0.05, 0) is 0 Å². The minimum absolute atomic E-state index is 0.0783. The lowest BCUT2D eigenvalue weighted by Crippen LogP contribution is -2.08. The summed E-state index contributed by atoms with van der Waals surface area (Å²) in [7, 11) is 1.24. The van der Waals surface area contributed by atoms with Crippen LogP contribution < -0.4 is 0 Å². The maximum atomic E-state index is 10.8. The third kappa shape index (κ3) is 2.05. The van der Waals surface area contributed by atoms with Crippen LogP contribution in [0.3, 0.4) is 0 Å². The van der Waals surface area contributed by atoms with E-state index in [0.717, 1.165) is 0 Å². The number of carboxylic acid groups (broad SMARTS) is 1. The molecular weight excluding hydrogens is 176 g/mol. The zero-order chi connectivity index (χ0) is 9.84. The van der Waals surface area contributed by atoms with Crippen molar-refractivity contribution in [2.24, 2.45) is 0 Å². The quantitative estimate of drug-likeness (QED) is 0.636. The van der Waals surface area contributed by atoms with Gasteiger partial charge in [-0.3, -0.25) is 9.89 Å². The van der Waals surface area contributed by atoms with Crippen LogP contribution in [-0.4, -0.2) is 34.4 Å². The van der Waals surface area contributed by atoms with Gasteiger partial charge < -0.3 is 9.84 Å². The highest BCUT2D eigenvalue weighted by Crippen LogP contribution is 2.05. The number of hydrogen-bond donors (Lipinski definition) is 2. The van der Waals surface area contributed by atoms with E-state index in [1.165, 1.54) is 13.3 Å². The maximum Gasteiger partial charge on any atom is 0.354 e. The normalized spacial score (nSPS) is 9.62. The summed E-state index contributed by atoms with van der Waals surface area (Å²) in [5, 5.41) is 14.4. The maximum absolute atomic E-state index is 10.8. The van der Waals surface area contributed by atoms with Crippen LogP contribution in [0.5, 0.6) is 0 Å². The third-order valence-corrected chi connectivity index (χ3v) is 1.49. The third-order valence-electron chi connectivity index (χ3n) is 1.49. The summed E-state index contributed by atoms with van der Waals surface area (Å²) in [6.07, 6.45) is 1.20. The second-order valence-corrected chi connectivity index (χ2v) is 2.33. The van der Waals surface area contributed by atoms with Crippen molar-refractivity contribution in [2.75, 3.05) is 7.11 Å². The summed E-state index contributed by atoms with van der Waals surface area (Å²) >= 11 is 0. The molecular formula is C7H8N2O4. The number of hydrogen-bond acceptors (Lipinski definition) is 4. The predicted molar refractivity (Wildman–Crippen MR) is 41.3 cm³/mol. The molecule has 0 aliphatic heterocycles. The molecule has 0 aromatic carbocycles. The molecule has 0 atom stereocenters. The van der Waals surface area contributed by atoms with E-state index in [4.69, 9.17) is 5.11 Å². The molecule has 0 fully saturated rings. The number of aromatic carboxylic acids is 1. The summed E-state index contributed by atoms with van der Waals surface area (Å²) in [4.78, 5) is 21.3. The smallest absolute Gasteiger partial charge is 0.354 e. The van der Waals surface area contributed by atoms with E-state index in [1.54, 1.807) is 0 Å². The van der Waals surface area contributed by atoms with E-state index < -0.39 is 11.9 Å². The monoisotopic (exact) mass is 184 g/mol. The SMILES string of the molecule is COC(=O)Cc1cn[nH]c1C(=O)O. The molecule has 0 aliphatic carbocycles. The zero-order valence-electron chi connectivity index (χ0n) is 6.90.